The molecule has 3 nitrogen and oxygen atoms in total. The smallest absolute Gasteiger partial charge is 0.255 e. The Morgan fingerprint density at radius 3 is 2.87 bits per heavy atom. The molecule has 0 bridgehead atoms. The van der Waals surface area contributed by atoms with E-state index >= 15 is 0 Å². The zero-order valence-corrected chi connectivity index (χ0v) is 8.54. The Hall–Kier alpha value is -1.89. The van der Waals surface area contributed by atoms with Gasteiger partial charge in [0.1, 0.15) is 11.9 Å². The van der Waals surface area contributed by atoms with Crippen molar-refractivity contribution < 1.29 is 9.18 Å². The lowest BCUT2D eigenvalue weighted by atomic mass is 10.1. The Morgan fingerprint density at radius 1 is 1.60 bits per heavy atom. The van der Waals surface area contributed by atoms with Gasteiger partial charge in [0, 0.05) is 0 Å². The second kappa shape index (κ2) is 4.56. The molecule has 1 N–H and O–H groups in total. The monoisotopic (exact) mass is 206 g/mol. The number of nitriles is 1. The highest BCUT2D eigenvalue weighted by Gasteiger charge is 2.13. The lowest BCUT2D eigenvalue weighted by Crippen LogP contribution is -2.31. The maximum absolute atomic E-state index is 13.2. The Morgan fingerprint density at radius 2 is 2.27 bits per heavy atom. The lowest BCUT2D eigenvalue weighted by molar-refractivity contribution is 0.0943. The highest BCUT2D eigenvalue weighted by molar-refractivity contribution is 5.95. The van der Waals surface area contributed by atoms with Gasteiger partial charge in [-0.25, -0.2) is 4.39 Å². The average Bonchev–Trinajstić information content (AvgIpc) is 2.21. The molecule has 0 heterocycles. The van der Waals surface area contributed by atoms with Crippen LogP contribution < -0.4 is 5.32 Å². The van der Waals surface area contributed by atoms with Gasteiger partial charge in [0.05, 0.1) is 11.6 Å². The van der Waals surface area contributed by atoms with Gasteiger partial charge in [-0.2, -0.15) is 5.26 Å². The van der Waals surface area contributed by atoms with Crippen molar-refractivity contribution in [3.63, 3.8) is 0 Å². The van der Waals surface area contributed by atoms with E-state index in [2.05, 4.69) is 5.32 Å². The van der Waals surface area contributed by atoms with E-state index in [1.165, 1.54) is 19.1 Å². The first-order valence-electron chi connectivity index (χ1n) is 4.51. The fourth-order valence-electron chi connectivity index (χ4n) is 1.12. The quantitative estimate of drug-likeness (QED) is 0.801. The largest absolute Gasteiger partial charge is 0.336 e. The summed E-state index contributed by atoms with van der Waals surface area (Å²) in [6.07, 6.45) is 0. The Kier molecular flexibility index (Phi) is 3.40. The minimum absolute atomic E-state index is 0.0305. The van der Waals surface area contributed by atoms with Crippen molar-refractivity contribution in [3.8, 4) is 6.07 Å². The number of amides is 1. The summed E-state index contributed by atoms with van der Waals surface area (Å²) >= 11 is 0. The van der Waals surface area contributed by atoms with Gasteiger partial charge in [-0.3, -0.25) is 4.79 Å². The highest BCUT2D eigenvalue weighted by Crippen LogP contribution is 2.09. The van der Waals surface area contributed by atoms with Crippen LogP contribution in [0.25, 0.3) is 0 Å². The van der Waals surface area contributed by atoms with Crippen LogP contribution in [0.5, 0.6) is 0 Å². The zero-order chi connectivity index (χ0) is 11.4. The number of aryl methyl sites for hydroxylation is 1. The summed E-state index contributed by atoms with van der Waals surface area (Å²) < 4.78 is 13.2. The van der Waals surface area contributed by atoms with Crippen LogP contribution in [0.3, 0.4) is 0 Å². The van der Waals surface area contributed by atoms with Crippen LogP contribution in [0.2, 0.25) is 0 Å². The molecule has 0 aliphatic carbocycles. The maximum Gasteiger partial charge on any atom is 0.255 e. The van der Waals surface area contributed by atoms with Crippen LogP contribution in [0.1, 0.15) is 22.8 Å². The molecule has 0 aliphatic rings. The molecule has 78 valence electrons. The van der Waals surface area contributed by atoms with Gasteiger partial charge < -0.3 is 5.32 Å². The van der Waals surface area contributed by atoms with Gasteiger partial charge in [0.25, 0.3) is 5.91 Å². The summed E-state index contributed by atoms with van der Waals surface area (Å²) in [5, 5.41) is 10.9. The molecule has 0 aromatic heterocycles. The van der Waals surface area contributed by atoms with E-state index in [-0.39, 0.29) is 5.56 Å². The molecule has 1 aromatic carbocycles. The van der Waals surface area contributed by atoms with Crippen LogP contribution in [0.15, 0.2) is 18.2 Å². The molecular weight excluding hydrogens is 195 g/mol. The normalized spacial score (nSPS) is 11.6. The molecule has 0 radical (unpaired) electrons. The van der Waals surface area contributed by atoms with E-state index in [4.69, 9.17) is 5.26 Å². The molecule has 0 fully saturated rings. The predicted molar refractivity (Wildman–Crippen MR) is 53.7 cm³/mol. The average molecular weight is 206 g/mol. The first kappa shape index (κ1) is 11.2. The fourth-order valence-corrected chi connectivity index (χ4v) is 1.12. The molecule has 0 saturated heterocycles. The third kappa shape index (κ3) is 2.78. The predicted octanol–water partition coefficient (Wildman–Crippen LogP) is 1.78. The molecule has 1 rings (SSSR count). The SMILES string of the molecule is Cc1ccc(F)c(C(=O)NC(C)C#N)c1. The number of carbonyl (C=O) groups excluding carboxylic acids is 1. The van der Waals surface area contributed by atoms with Gasteiger partial charge in [0.2, 0.25) is 0 Å². The Labute approximate surface area is 87.5 Å². The Balaban J connectivity index is 2.92. The van der Waals surface area contributed by atoms with E-state index in [9.17, 15) is 9.18 Å². The number of benzene rings is 1. The molecule has 0 spiro atoms. The summed E-state index contributed by atoms with van der Waals surface area (Å²) in [4.78, 5) is 11.5. The molecule has 1 aromatic rings. The molecule has 0 saturated carbocycles. The van der Waals surface area contributed by atoms with Crippen LogP contribution in [-0.2, 0) is 0 Å². The molecule has 1 atom stereocenters. The lowest BCUT2D eigenvalue weighted by Gasteiger charge is -2.07. The molecule has 4 heteroatoms. The van der Waals surface area contributed by atoms with Gasteiger partial charge in [-0.05, 0) is 26.0 Å². The number of rotatable bonds is 2. The van der Waals surface area contributed by atoms with Crippen molar-refractivity contribution in [2.75, 3.05) is 0 Å². The number of carbonyl (C=O) groups is 1. The molecule has 15 heavy (non-hydrogen) atoms. The molecule has 0 aliphatic heterocycles. The van der Waals surface area contributed by atoms with Crippen molar-refractivity contribution in [1.29, 1.82) is 5.26 Å². The zero-order valence-electron chi connectivity index (χ0n) is 8.54. The van der Waals surface area contributed by atoms with Crippen molar-refractivity contribution in [2.24, 2.45) is 0 Å². The first-order chi connectivity index (χ1) is 7.04. The molecular formula is C11H11FN2O. The van der Waals surface area contributed by atoms with Crippen molar-refractivity contribution in [2.45, 2.75) is 19.9 Å². The summed E-state index contributed by atoms with van der Waals surface area (Å²) in [6, 6.07) is 5.49. The topological polar surface area (TPSA) is 52.9 Å². The van der Waals surface area contributed by atoms with E-state index in [0.29, 0.717) is 0 Å². The third-order valence-corrected chi connectivity index (χ3v) is 1.91. The second-order valence-electron chi connectivity index (χ2n) is 3.31. The number of nitrogens with zero attached hydrogens (tertiary/aromatic N) is 1. The van der Waals surface area contributed by atoms with Crippen LogP contribution in [0.4, 0.5) is 4.39 Å². The summed E-state index contributed by atoms with van der Waals surface area (Å²) in [5.74, 6) is -1.14. The molecule has 1 amide bonds. The van der Waals surface area contributed by atoms with Crippen molar-refractivity contribution in [3.05, 3.63) is 35.1 Å². The second-order valence-corrected chi connectivity index (χ2v) is 3.31. The number of nitrogens with one attached hydrogen (secondary N) is 1. The standard InChI is InChI=1S/C11H11FN2O/c1-7-3-4-10(12)9(5-7)11(15)14-8(2)6-13/h3-5,8H,1-2H3,(H,14,15). The van der Waals surface area contributed by atoms with E-state index in [1.54, 1.807) is 13.0 Å². The highest BCUT2D eigenvalue weighted by atomic mass is 19.1. The van der Waals surface area contributed by atoms with Crippen LogP contribution in [-0.4, -0.2) is 11.9 Å². The van der Waals surface area contributed by atoms with Crippen LogP contribution >= 0.6 is 0 Å². The van der Waals surface area contributed by atoms with Crippen LogP contribution in [0, 0.1) is 24.1 Å². The van der Waals surface area contributed by atoms with Gasteiger partial charge >= 0.3 is 0 Å². The summed E-state index contributed by atoms with van der Waals surface area (Å²) in [6.45, 7) is 3.30. The van der Waals surface area contributed by atoms with Gasteiger partial charge in [-0.15, -0.1) is 0 Å². The summed E-state index contributed by atoms with van der Waals surface area (Å²) in [5.41, 5.74) is 0.767. The fraction of sp³-hybridized carbons (Fsp3) is 0.273. The number of hydrogen-bond acceptors (Lipinski definition) is 2. The van der Waals surface area contributed by atoms with Crippen molar-refractivity contribution in [1.82, 2.24) is 5.32 Å². The van der Waals surface area contributed by atoms with E-state index in [1.807, 2.05) is 6.07 Å². The number of halogens is 1. The van der Waals surface area contributed by atoms with Crippen molar-refractivity contribution >= 4 is 5.91 Å². The van der Waals surface area contributed by atoms with Gasteiger partial charge in [-0.1, -0.05) is 11.6 Å². The van der Waals surface area contributed by atoms with Gasteiger partial charge in [0.15, 0.2) is 0 Å². The minimum Gasteiger partial charge on any atom is -0.336 e. The minimum atomic E-state index is -0.627. The molecule has 1 unspecified atom stereocenters. The Bertz CT molecular complexity index is 423. The number of hydrogen-bond donors (Lipinski definition) is 1. The summed E-state index contributed by atoms with van der Waals surface area (Å²) in [7, 11) is 0. The third-order valence-electron chi connectivity index (χ3n) is 1.91. The first-order valence-corrected chi connectivity index (χ1v) is 4.51. The maximum atomic E-state index is 13.2. The van der Waals surface area contributed by atoms with E-state index < -0.39 is 17.8 Å². The van der Waals surface area contributed by atoms with E-state index in [0.717, 1.165) is 5.56 Å².